The number of carbonyl (C=O) groups is 1. The number of hydrogen-bond acceptors (Lipinski definition) is 6. The number of benzene rings is 2. The van der Waals surface area contributed by atoms with Crippen molar-refractivity contribution in [1.29, 1.82) is 0 Å². The highest BCUT2D eigenvalue weighted by atomic mass is 16.5. The molecule has 1 aliphatic rings. The fourth-order valence-corrected chi connectivity index (χ4v) is 3.04. The van der Waals surface area contributed by atoms with Crippen molar-refractivity contribution >= 4 is 17.1 Å². The molecule has 1 aliphatic carbocycles. The molecule has 0 aromatic heterocycles. The molecule has 0 heterocycles. The molecule has 134 valence electrons. The lowest BCUT2D eigenvalue weighted by Gasteiger charge is -2.38. The molecule has 7 nitrogen and oxygen atoms in total. The van der Waals surface area contributed by atoms with Gasteiger partial charge in [0.15, 0.2) is 11.5 Å². The van der Waals surface area contributed by atoms with Gasteiger partial charge in [-0.3, -0.25) is 0 Å². The van der Waals surface area contributed by atoms with Gasteiger partial charge in [-0.05, 0) is 11.1 Å². The first-order valence-corrected chi connectivity index (χ1v) is 7.62. The minimum absolute atomic E-state index is 0.0447. The van der Waals surface area contributed by atoms with E-state index in [9.17, 15) is 35.4 Å². The van der Waals surface area contributed by atoms with Crippen molar-refractivity contribution in [1.82, 2.24) is 0 Å². The van der Waals surface area contributed by atoms with Crippen LogP contribution in [0.5, 0.6) is 0 Å². The summed E-state index contributed by atoms with van der Waals surface area (Å²) in [5.74, 6) is -7.61. The van der Waals surface area contributed by atoms with Crippen molar-refractivity contribution in [2.24, 2.45) is 0 Å². The molecule has 6 N–H and O–H groups in total. The van der Waals surface area contributed by atoms with Gasteiger partial charge in [-0.2, -0.15) is 0 Å². The van der Waals surface area contributed by atoms with Gasteiger partial charge in [0.25, 0.3) is 5.79 Å². The summed E-state index contributed by atoms with van der Waals surface area (Å²) in [6.45, 7) is 0. The summed E-state index contributed by atoms with van der Waals surface area (Å²) in [6, 6.07) is 14.9. The first-order valence-electron chi connectivity index (χ1n) is 7.62. The maximum Gasteiger partial charge on any atom is 0.345 e. The van der Waals surface area contributed by atoms with Crippen LogP contribution in [0.3, 0.4) is 0 Å². The van der Waals surface area contributed by atoms with Crippen molar-refractivity contribution in [2.45, 2.75) is 11.4 Å². The number of aliphatic carboxylic acids is 1. The van der Waals surface area contributed by atoms with Crippen molar-refractivity contribution < 1.29 is 35.4 Å². The second-order valence-corrected chi connectivity index (χ2v) is 5.87. The molecule has 0 bridgehead atoms. The molecule has 0 atom stereocenters. The SMILES string of the molecule is O=C(O)C1(O)C(c2ccccc2)=C(O)C(O)(O)C(O)=C1c1ccccc1. The normalized spacial score (nSPS) is 18.7. The Morgan fingerprint density at radius 2 is 1.04 bits per heavy atom. The first kappa shape index (κ1) is 17.7. The van der Waals surface area contributed by atoms with Crippen LogP contribution >= 0.6 is 0 Å². The summed E-state index contributed by atoms with van der Waals surface area (Å²) in [6.07, 6.45) is 0. The smallest absolute Gasteiger partial charge is 0.345 e. The fraction of sp³-hybridized carbons (Fsp3) is 0.105. The minimum atomic E-state index is -3.27. The van der Waals surface area contributed by atoms with E-state index in [-0.39, 0.29) is 11.1 Å². The Hall–Kier alpha value is -3.13. The Kier molecular flexibility index (Phi) is 4.08. The van der Waals surface area contributed by atoms with E-state index in [1.165, 1.54) is 48.5 Å². The van der Waals surface area contributed by atoms with E-state index in [1.54, 1.807) is 12.1 Å². The average Bonchev–Trinajstić information content (AvgIpc) is 2.62. The van der Waals surface area contributed by atoms with E-state index in [0.717, 1.165) is 0 Å². The van der Waals surface area contributed by atoms with Crippen molar-refractivity contribution in [3.05, 3.63) is 83.3 Å². The van der Waals surface area contributed by atoms with Crippen LogP contribution in [0.4, 0.5) is 0 Å². The number of carboxylic acid groups (broad SMARTS) is 1. The molecule has 0 saturated heterocycles. The lowest BCUT2D eigenvalue weighted by Crippen LogP contribution is -2.51. The molecular weight excluding hydrogens is 340 g/mol. The molecule has 0 spiro atoms. The molecule has 2 aromatic rings. The largest absolute Gasteiger partial charge is 0.506 e. The number of aliphatic hydroxyl groups excluding tert-OH is 2. The van der Waals surface area contributed by atoms with E-state index in [2.05, 4.69) is 0 Å². The highest BCUT2D eigenvalue weighted by molar-refractivity contribution is 6.11. The lowest BCUT2D eigenvalue weighted by molar-refractivity contribution is -0.156. The summed E-state index contributed by atoms with van der Waals surface area (Å²) in [7, 11) is 0. The molecule has 0 fully saturated rings. The van der Waals surface area contributed by atoms with Crippen LogP contribution < -0.4 is 0 Å². The Labute approximate surface area is 148 Å². The summed E-state index contributed by atoms with van der Waals surface area (Å²) in [4.78, 5) is 12.0. The third kappa shape index (κ3) is 2.38. The molecule has 2 aromatic carbocycles. The van der Waals surface area contributed by atoms with E-state index in [1.807, 2.05) is 0 Å². The third-order valence-electron chi connectivity index (χ3n) is 4.29. The Balaban J connectivity index is 2.42. The Morgan fingerprint density at radius 3 is 1.35 bits per heavy atom. The monoisotopic (exact) mass is 356 g/mol. The molecule has 0 aliphatic heterocycles. The molecule has 3 rings (SSSR count). The average molecular weight is 356 g/mol. The summed E-state index contributed by atoms with van der Waals surface area (Å²) < 4.78 is 0. The predicted octanol–water partition coefficient (Wildman–Crippen LogP) is 1.44. The van der Waals surface area contributed by atoms with Gasteiger partial charge in [0.1, 0.15) is 0 Å². The maximum atomic E-state index is 12.0. The van der Waals surface area contributed by atoms with Crippen LogP contribution in [-0.2, 0) is 4.79 Å². The van der Waals surface area contributed by atoms with Gasteiger partial charge in [0.05, 0.1) is 11.1 Å². The van der Waals surface area contributed by atoms with E-state index < -0.39 is 40.0 Å². The predicted molar refractivity (Wildman–Crippen MR) is 91.7 cm³/mol. The summed E-state index contributed by atoms with van der Waals surface area (Å²) in [5.41, 5.74) is -4.13. The van der Waals surface area contributed by atoms with Crippen molar-refractivity contribution in [3.63, 3.8) is 0 Å². The van der Waals surface area contributed by atoms with Gasteiger partial charge < -0.3 is 30.6 Å². The van der Waals surface area contributed by atoms with Crippen molar-refractivity contribution in [2.75, 3.05) is 0 Å². The number of carboxylic acids is 1. The van der Waals surface area contributed by atoms with E-state index in [0.29, 0.717) is 0 Å². The van der Waals surface area contributed by atoms with Crippen LogP contribution in [0.15, 0.2) is 72.2 Å². The summed E-state index contributed by atoms with van der Waals surface area (Å²) in [5, 5.41) is 62.0. The zero-order valence-electron chi connectivity index (χ0n) is 13.4. The standard InChI is InChI=1S/C19H16O7/c20-15-13(11-7-3-1-4-8-11)18(24,17(22)23)14(16(21)19(15,25)26)12-9-5-2-6-10-12/h1-10,20-21,24-26H,(H,22,23). The molecule has 26 heavy (non-hydrogen) atoms. The highest BCUT2D eigenvalue weighted by Gasteiger charge is 2.58. The third-order valence-corrected chi connectivity index (χ3v) is 4.29. The van der Waals surface area contributed by atoms with Crippen LogP contribution in [0.2, 0.25) is 0 Å². The van der Waals surface area contributed by atoms with Gasteiger partial charge in [0, 0.05) is 0 Å². The Morgan fingerprint density at radius 1 is 0.692 bits per heavy atom. The van der Waals surface area contributed by atoms with Crippen LogP contribution in [0.1, 0.15) is 11.1 Å². The molecule has 0 unspecified atom stereocenters. The fourth-order valence-electron chi connectivity index (χ4n) is 3.04. The van der Waals surface area contributed by atoms with Gasteiger partial charge >= 0.3 is 5.97 Å². The second-order valence-electron chi connectivity index (χ2n) is 5.87. The quantitative estimate of drug-likeness (QED) is 0.457. The maximum absolute atomic E-state index is 12.0. The van der Waals surface area contributed by atoms with Gasteiger partial charge in [-0.15, -0.1) is 0 Å². The van der Waals surface area contributed by atoms with E-state index >= 15 is 0 Å². The van der Waals surface area contributed by atoms with Crippen LogP contribution in [-0.4, -0.2) is 48.0 Å². The molecular formula is C19H16O7. The summed E-state index contributed by atoms with van der Waals surface area (Å²) >= 11 is 0. The number of hydrogen-bond donors (Lipinski definition) is 6. The number of aliphatic hydroxyl groups is 5. The van der Waals surface area contributed by atoms with Gasteiger partial charge in [0.2, 0.25) is 5.60 Å². The molecule has 0 saturated carbocycles. The zero-order chi connectivity index (χ0) is 19.1. The van der Waals surface area contributed by atoms with Crippen LogP contribution in [0, 0.1) is 0 Å². The van der Waals surface area contributed by atoms with E-state index in [4.69, 9.17) is 0 Å². The topological polar surface area (TPSA) is 138 Å². The lowest BCUT2D eigenvalue weighted by atomic mass is 9.72. The van der Waals surface area contributed by atoms with Gasteiger partial charge in [-0.1, -0.05) is 60.7 Å². The van der Waals surface area contributed by atoms with Crippen LogP contribution in [0.25, 0.3) is 11.1 Å². The minimum Gasteiger partial charge on any atom is -0.506 e. The highest BCUT2D eigenvalue weighted by Crippen LogP contribution is 2.49. The van der Waals surface area contributed by atoms with Crippen molar-refractivity contribution in [3.8, 4) is 0 Å². The first-order chi connectivity index (χ1) is 12.2. The zero-order valence-corrected chi connectivity index (χ0v) is 13.4. The van der Waals surface area contributed by atoms with Gasteiger partial charge in [-0.25, -0.2) is 4.79 Å². The second kappa shape index (κ2) is 5.99. The molecule has 7 heteroatoms. The molecule has 0 radical (unpaired) electrons. The number of rotatable bonds is 3. The Bertz CT molecular complexity index is 846. The molecule has 0 amide bonds.